The SMILES string of the molecule is Cn1cnc(CCNC(=O)CCCCC(=O)O)n1. The molecule has 18 heavy (non-hydrogen) atoms. The second kappa shape index (κ2) is 7.41. The lowest BCUT2D eigenvalue weighted by Crippen LogP contribution is -2.25. The van der Waals surface area contributed by atoms with Gasteiger partial charge in [-0.05, 0) is 12.8 Å². The Labute approximate surface area is 105 Å². The summed E-state index contributed by atoms with van der Waals surface area (Å²) in [6, 6.07) is 0. The lowest BCUT2D eigenvalue weighted by Gasteiger charge is -2.02. The smallest absolute Gasteiger partial charge is 0.303 e. The molecule has 7 heteroatoms. The summed E-state index contributed by atoms with van der Waals surface area (Å²) in [4.78, 5) is 25.7. The summed E-state index contributed by atoms with van der Waals surface area (Å²) in [7, 11) is 1.79. The van der Waals surface area contributed by atoms with Crippen LogP contribution in [0.1, 0.15) is 31.5 Å². The zero-order chi connectivity index (χ0) is 13.4. The Morgan fingerprint density at radius 3 is 2.72 bits per heavy atom. The first kappa shape index (κ1) is 14.1. The molecule has 0 spiro atoms. The third kappa shape index (κ3) is 5.97. The first-order chi connectivity index (χ1) is 8.58. The fourth-order valence-corrected chi connectivity index (χ4v) is 1.46. The van der Waals surface area contributed by atoms with Gasteiger partial charge in [-0.1, -0.05) is 0 Å². The number of hydrogen-bond acceptors (Lipinski definition) is 4. The molecule has 0 aromatic carbocycles. The highest BCUT2D eigenvalue weighted by Gasteiger charge is 2.04. The normalized spacial score (nSPS) is 10.3. The number of aliphatic carboxylic acids is 1. The lowest BCUT2D eigenvalue weighted by atomic mass is 10.2. The molecule has 0 aliphatic carbocycles. The van der Waals surface area contributed by atoms with Crippen LogP contribution in [0.3, 0.4) is 0 Å². The number of unbranched alkanes of at least 4 members (excludes halogenated alkanes) is 1. The average molecular weight is 254 g/mol. The van der Waals surface area contributed by atoms with Crippen LogP contribution in [-0.4, -0.2) is 38.3 Å². The molecule has 0 atom stereocenters. The maximum absolute atomic E-state index is 11.4. The maximum atomic E-state index is 11.4. The number of carbonyl (C=O) groups excluding carboxylic acids is 1. The Morgan fingerprint density at radius 1 is 1.39 bits per heavy atom. The third-order valence-corrected chi connectivity index (χ3v) is 2.36. The summed E-state index contributed by atoms with van der Waals surface area (Å²) in [5.74, 6) is -0.184. The fourth-order valence-electron chi connectivity index (χ4n) is 1.46. The van der Waals surface area contributed by atoms with Crippen LogP contribution in [0, 0.1) is 0 Å². The Balaban J connectivity index is 2.05. The van der Waals surface area contributed by atoms with Crippen molar-refractivity contribution < 1.29 is 14.7 Å². The summed E-state index contributed by atoms with van der Waals surface area (Å²) in [5, 5.41) is 15.3. The minimum Gasteiger partial charge on any atom is -0.481 e. The van der Waals surface area contributed by atoms with Crippen LogP contribution in [0.2, 0.25) is 0 Å². The number of aromatic nitrogens is 3. The summed E-state index contributed by atoms with van der Waals surface area (Å²) in [6.07, 6.45) is 3.82. The van der Waals surface area contributed by atoms with Crippen LogP contribution in [0.4, 0.5) is 0 Å². The van der Waals surface area contributed by atoms with Crippen LogP contribution >= 0.6 is 0 Å². The fraction of sp³-hybridized carbons (Fsp3) is 0.636. The summed E-state index contributed by atoms with van der Waals surface area (Å²) in [6.45, 7) is 0.502. The second-order valence-electron chi connectivity index (χ2n) is 4.04. The van der Waals surface area contributed by atoms with E-state index >= 15 is 0 Å². The van der Waals surface area contributed by atoms with Gasteiger partial charge in [-0.2, -0.15) is 5.10 Å². The van der Waals surface area contributed by atoms with Gasteiger partial charge in [0.25, 0.3) is 0 Å². The van der Waals surface area contributed by atoms with Crippen LogP contribution in [0.25, 0.3) is 0 Å². The third-order valence-electron chi connectivity index (χ3n) is 2.36. The van der Waals surface area contributed by atoms with E-state index in [0.717, 1.165) is 0 Å². The van der Waals surface area contributed by atoms with Crippen molar-refractivity contribution in [2.24, 2.45) is 7.05 Å². The molecule has 1 aromatic heterocycles. The van der Waals surface area contributed by atoms with Gasteiger partial charge >= 0.3 is 5.97 Å². The molecule has 0 saturated heterocycles. The molecule has 1 rings (SSSR count). The number of amides is 1. The van der Waals surface area contributed by atoms with Gasteiger partial charge in [0.05, 0.1) is 0 Å². The van der Waals surface area contributed by atoms with Crippen LogP contribution < -0.4 is 5.32 Å². The minimum atomic E-state index is -0.823. The predicted molar refractivity (Wildman–Crippen MR) is 63.8 cm³/mol. The van der Waals surface area contributed by atoms with Crippen molar-refractivity contribution in [1.82, 2.24) is 20.1 Å². The standard InChI is InChI=1S/C11H18N4O3/c1-15-8-13-9(14-15)6-7-12-10(16)4-2-3-5-11(17)18/h8H,2-7H2,1H3,(H,12,16)(H,17,18). The first-order valence-corrected chi connectivity index (χ1v) is 5.91. The molecule has 1 aromatic rings. The zero-order valence-electron chi connectivity index (χ0n) is 10.4. The van der Waals surface area contributed by atoms with Gasteiger partial charge in [0.1, 0.15) is 6.33 Å². The number of carboxylic acid groups (broad SMARTS) is 1. The molecule has 0 aliphatic rings. The quantitative estimate of drug-likeness (QED) is 0.642. The van der Waals surface area contributed by atoms with Crippen molar-refractivity contribution >= 4 is 11.9 Å². The van der Waals surface area contributed by atoms with Gasteiger partial charge in [0, 0.05) is 32.9 Å². The number of rotatable bonds is 8. The van der Waals surface area contributed by atoms with Gasteiger partial charge in [0.15, 0.2) is 5.82 Å². The highest BCUT2D eigenvalue weighted by Crippen LogP contribution is 1.99. The van der Waals surface area contributed by atoms with E-state index < -0.39 is 5.97 Å². The largest absolute Gasteiger partial charge is 0.481 e. The van der Waals surface area contributed by atoms with Crippen LogP contribution in [0.5, 0.6) is 0 Å². The highest BCUT2D eigenvalue weighted by molar-refractivity contribution is 5.75. The number of carbonyl (C=O) groups is 2. The maximum Gasteiger partial charge on any atom is 0.303 e. The summed E-state index contributed by atoms with van der Waals surface area (Å²) < 4.78 is 1.61. The first-order valence-electron chi connectivity index (χ1n) is 5.91. The molecular formula is C11H18N4O3. The van der Waals surface area contributed by atoms with Crippen molar-refractivity contribution in [3.8, 4) is 0 Å². The Hall–Kier alpha value is -1.92. The van der Waals surface area contributed by atoms with Crippen molar-refractivity contribution in [3.63, 3.8) is 0 Å². The molecule has 0 fully saturated rings. The zero-order valence-corrected chi connectivity index (χ0v) is 10.4. The molecule has 0 radical (unpaired) electrons. The van der Waals surface area contributed by atoms with Gasteiger partial charge in [-0.25, -0.2) is 4.98 Å². The van der Waals surface area contributed by atoms with Crippen LogP contribution in [0.15, 0.2) is 6.33 Å². The molecule has 1 amide bonds. The summed E-state index contributed by atoms with van der Waals surface area (Å²) >= 11 is 0. The molecule has 0 aliphatic heterocycles. The van der Waals surface area contributed by atoms with E-state index in [9.17, 15) is 9.59 Å². The van der Waals surface area contributed by atoms with Crippen molar-refractivity contribution in [2.45, 2.75) is 32.1 Å². The molecule has 100 valence electrons. The number of hydrogen-bond donors (Lipinski definition) is 2. The van der Waals surface area contributed by atoms with Crippen molar-refractivity contribution in [3.05, 3.63) is 12.2 Å². The molecule has 7 nitrogen and oxygen atoms in total. The Kier molecular flexibility index (Phi) is 5.83. The Morgan fingerprint density at radius 2 is 2.11 bits per heavy atom. The van der Waals surface area contributed by atoms with E-state index in [2.05, 4.69) is 15.4 Å². The van der Waals surface area contributed by atoms with E-state index in [-0.39, 0.29) is 12.3 Å². The minimum absolute atomic E-state index is 0.0590. The van der Waals surface area contributed by atoms with E-state index in [4.69, 9.17) is 5.11 Å². The van der Waals surface area contributed by atoms with E-state index in [1.54, 1.807) is 18.1 Å². The van der Waals surface area contributed by atoms with Gasteiger partial charge in [-0.3, -0.25) is 14.3 Å². The van der Waals surface area contributed by atoms with Gasteiger partial charge < -0.3 is 10.4 Å². The van der Waals surface area contributed by atoms with E-state index in [1.807, 2.05) is 0 Å². The Bertz CT molecular complexity index is 403. The number of nitrogens with one attached hydrogen (secondary N) is 1. The molecule has 1 heterocycles. The number of carboxylic acids is 1. The highest BCUT2D eigenvalue weighted by atomic mass is 16.4. The topological polar surface area (TPSA) is 97.1 Å². The molecule has 0 bridgehead atoms. The molecule has 0 saturated carbocycles. The van der Waals surface area contributed by atoms with E-state index in [0.29, 0.717) is 38.1 Å². The summed E-state index contributed by atoms with van der Waals surface area (Å²) in [5.41, 5.74) is 0. The predicted octanol–water partition coefficient (Wildman–Crippen LogP) is 0.119. The van der Waals surface area contributed by atoms with Crippen molar-refractivity contribution in [2.75, 3.05) is 6.54 Å². The monoisotopic (exact) mass is 254 g/mol. The molecular weight excluding hydrogens is 236 g/mol. The van der Waals surface area contributed by atoms with Crippen molar-refractivity contribution in [1.29, 1.82) is 0 Å². The van der Waals surface area contributed by atoms with Gasteiger partial charge in [0.2, 0.25) is 5.91 Å². The number of nitrogens with zero attached hydrogens (tertiary/aromatic N) is 3. The molecule has 0 unspecified atom stereocenters. The lowest BCUT2D eigenvalue weighted by molar-refractivity contribution is -0.137. The van der Waals surface area contributed by atoms with E-state index in [1.165, 1.54) is 0 Å². The number of aryl methyl sites for hydroxylation is 1. The molecule has 2 N–H and O–H groups in total. The second-order valence-corrected chi connectivity index (χ2v) is 4.04. The van der Waals surface area contributed by atoms with Gasteiger partial charge in [-0.15, -0.1) is 0 Å². The average Bonchev–Trinajstić information content (AvgIpc) is 2.70. The van der Waals surface area contributed by atoms with Crippen LogP contribution in [-0.2, 0) is 23.1 Å².